The minimum absolute atomic E-state index is 0.326. The van der Waals surface area contributed by atoms with Gasteiger partial charge < -0.3 is 5.73 Å². The van der Waals surface area contributed by atoms with Crippen LogP contribution in [0.2, 0.25) is 0 Å². The molecule has 1 heterocycles. The number of rotatable bonds is 0. The first-order valence-corrected chi connectivity index (χ1v) is 7.90. The second-order valence-corrected chi connectivity index (χ2v) is 7.63. The summed E-state index contributed by atoms with van der Waals surface area (Å²) >= 11 is 0. The Morgan fingerprint density at radius 2 is 1.65 bits per heavy atom. The zero-order valence-corrected chi connectivity index (χ0v) is 10.4. The van der Waals surface area contributed by atoms with Gasteiger partial charge in [0.15, 0.2) is 0 Å². The summed E-state index contributed by atoms with van der Waals surface area (Å²) < 4.78 is 28.8. The monoisotopic (exact) mass is 255 g/mol. The standard InChI is InChI=1S/C12H17NO3S/c13-11-6-17(14,15)16-12(11)9-2-7-1-8(4-9)5-10(12)3-7/h6-10H,1-5,13H2. The summed E-state index contributed by atoms with van der Waals surface area (Å²) in [5.41, 5.74) is 5.83. The predicted octanol–water partition coefficient (Wildman–Crippen LogP) is 1.34. The normalized spacial score (nSPS) is 54.2. The number of hydrogen-bond donors (Lipinski definition) is 1. The minimum atomic E-state index is -3.54. The van der Waals surface area contributed by atoms with Crippen LogP contribution in [0, 0.1) is 23.7 Å². The third-order valence-corrected chi connectivity index (χ3v) is 6.38. The summed E-state index contributed by atoms with van der Waals surface area (Å²) in [4.78, 5) is 0. The molecule has 0 atom stereocenters. The molecule has 4 nitrogen and oxygen atoms in total. The first-order valence-electron chi connectivity index (χ1n) is 6.43. The highest BCUT2D eigenvalue weighted by molar-refractivity contribution is 7.90. The Morgan fingerprint density at radius 1 is 1.12 bits per heavy atom. The van der Waals surface area contributed by atoms with Crippen LogP contribution in [0.3, 0.4) is 0 Å². The van der Waals surface area contributed by atoms with Gasteiger partial charge in [0, 0.05) is 0 Å². The van der Waals surface area contributed by atoms with Crippen molar-refractivity contribution in [2.45, 2.75) is 37.7 Å². The molecule has 1 aliphatic heterocycles. The Balaban J connectivity index is 1.83. The molecule has 0 radical (unpaired) electrons. The van der Waals surface area contributed by atoms with Gasteiger partial charge in [0.1, 0.15) is 5.60 Å². The van der Waals surface area contributed by atoms with Crippen LogP contribution in [0.1, 0.15) is 32.1 Å². The largest absolute Gasteiger partial charge is 0.399 e. The van der Waals surface area contributed by atoms with Gasteiger partial charge in [-0.15, -0.1) is 0 Å². The van der Waals surface area contributed by atoms with E-state index < -0.39 is 15.7 Å². The molecule has 17 heavy (non-hydrogen) atoms. The average Bonchev–Trinajstić information content (AvgIpc) is 2.45. The molecular weight excluding hydrogens is 238 g/mol. The molecule has 0 aromatic rings. The highest BCUT2D eigenvalue weighted by atomic mass is 32.2. The van der Waals surface area contributed by atoms with E-state index in [0.29, 0.717) is 17.5 Å². The fraction of sp³-hybridized carbons (Fsp3) is 0.833. The lowest BCUT2D eigenvalue weighted by Gasteiger charge is -2.58. The molecule has 94 valence electrons. The van der Waals surface area contributed by atoms with E-state index in [1.165, 1.54) is 6.42 Å². The Bertz CT molecular complexity index is 480. The maximum Gasteiger partial charge on any atom is 0.292 e. The van der Waals surface area contributed by atoms with Crippen LogP contribution in [0.5, 0.6) is 0 Å². The molecular formula is C12H17NO3S. The molecule has 2 N–H and O–H groups in total. The summed E-state index contributed by atoms with van der Waals surface area (Å²) in [7, 11) is -3.54. The molecule has 0 saturated heterocycles. The topological polar surface area (TPSA) is 69.4 Å². The zero-order chi connectivity index (χ0) is 11.8. The van der Waals surface area contributed by atoms with Crippen LogP contribution in [0.25, 0.3) is 0 Å². The maximum absolute atomic E-state index is 11.7. The van der Waals surface area contributed by atoms with E-state index in [0.717, 1.165) is 42.9 Å². The summed E-state index contributed by atoms with van der Waals surface area (Å²) in [6, 6.07) is 0. The molecule has 0 aromatic heterocycles. The summed E-state index contributed by atoms with van der Waals surface area (Å²) in [5.74, 6) is 2.21. The van der Waals surface area contributed by atoms with Crippen molar-refractivity contribution in [2.75, 3.05) is 0 Å². The lowest BCUT2D eigenvalue weighted by atomic mass is 9.49. The van der Waals surface area contributed by atoms with Crippen molar-refractivity contribution in [3.05, 3.63) is 11.1 Å². The van der Waals surface area contributed by atoms with Gasteiger partial charge in [-0.3, -0.25) is 4.18 Å². The fourth-order valence-electron chi connectivity index (χ4n) is 5.00. The van der Waals surface area contributed by atoms with Crippen LogP contribution in [-0.4, -0.2) is 14.0 Å². The smallest absolute Gasteiger partial charge is 0.292 e. The van der Waals surface area contributed by atoms with Gasteiger partial charge in [-0.1, -0.05) is 0 Å². The zero-order valence-electron chi connectivity index (χ0n) is 9.63. The quantitative estimate of drug-likeness (QED) is 0.663. The van der Waals surface area contributed by atoms with Crippen LogP contribution in [0.15, 0.2) is 11.1 Å². The lowest BCUT2D eigenvalue weighted by molar-refractivity contribution is -0.127. The third kappa shape index (κ3) is 1.19. The lowest BCUT2D eigenvalue weighted by Crippen LogP contribution is -2.60. The number of nitrogens with two attached hydrogens (primary N) is 1. The molecule has 4 bridgehead atoms. The molecule has 0 aromatic carbocycles. The van der Waals surface area contributed by atoms with Gasteiger partial charge in [0.05, 0.1) is 11.1 Å². The van der Waals surface area contributed by atoms with E-state index in [1.54, 1.807) is 0 Å². The fourth-order valence-corrected chi connectivity index (χ4v) is 6.30. The highest BCUT2D eigenvalue weighted by Crippen LogP contribution is 2.62. The van der Waals surface area contributed by atoms with Crippen LogP contribution in [-0.2, 0) is 14.3 Å². The van der Waals surface area contributed by atoms with E-state index in [9.17, 15) is 8.42 Å². The Hall–Kier alpha value is -0.550. The van der Waals surface area contributed by atoms with Gasteiger partial charge in [0.2, 0.25) is 0 Å². The summed E-state index contributed by atoms with van der Waals surface area (Å²) in [5, 5.41) is 1.15. The highest BCUT2D eigenvalue weighted by Gasteiger charge is 2.63. The van der Waals surface area contributed by atoms with Gasteiger partial charge >= 0.3 is 0 Å². The second kappa shape index (κ2) is 2.88. The number of hydrogen-bond acceptors (Lipinski definition) is 4. The van der Waals surface area contributed by atoms with Crippen molar-refractivity contribution >= 4 is 10.1 Å². The molecule has 5 heteroatoms. The van der Waals surface area contributed by atoms with Crippen molar-refractivity contribution in [1.29, 1.82) is 0 Å². The minimum Gasteiger partial charge on any atom is -0.399 e. The summed E-state index contributed by atoms with van der Waals surface area (Å²) in [6.07, 6.45) is 5.71. The van der Waals surface area contributed by atoms with E-state index in [1.807, 2.05) is 0 Å². The van der Waals surface area contributed by atoms with Gasteiger partial charge in [-0.2, -0.15) is 8.42 Å². The molecule has 4 fully saturated rings. The molecule has 0 unspecified atom stereocenters. The van der Waals surface area contributed by atoms with E-state index >= 15 is 0 Å². The van der Waals surface area contributed by atoms with Crippen LogP contribution in [0.4, 0.5) is 0 Å². The van der Waals surface area contributed by atoms with Crippen molar-refractivity contribution in [3.63, 3.8) is 0 Å². The van der Waals surface area contributed by atoms with Crippen LogP contribution < -0.4 is 5.73 Å². The molecule has 5 rings (SSSR count). The van der Waals surface area contributed by atoms with E-state index in [4.69, 9.17) is 9.92 Å². The van der Waals surface area contributed by atoms with Crippen molar-refractivity contribution < 1.29 is 12.6 Å². The van der Waals surface area contributed by atoms with Crippen molar-refractivity contribution in [1.82, 2.24) is 0 Å². The average molecular weight is 255 g/mol. The SMILES string of the molecule is NC1=CS(=O)(=O)OC12C1CC3CC(C1)CC2C3. The Kier molecular flexibility index (Phi) is 1.76. The van der Waals surface area contributed by atoms with Crippen LogP contribution >= 0.6 is 0 Å². The molecule has 1 spiro atoms. The molecule has 0 amide bonds. The first-order chi connectivity index (χ1) is 7.99. The molecule has 4 saturated carbocycles. The molecule has 5 aliphatic rings. The Labute approximate surface area is 101 Å². The summed E-state index contributed by atoms with van der Waals surface area (Å²) in [6.45, 7) is 0. The van der Waals surface area contributed by atoms with Gasteiger partial charge in [-0.25, -0.2) is 0 Å². The van der Waals surface area contributed by atoms with Crippen molar-refractivity contribution in [3.8, 4) is 0 Å². The van der Waals surface area contributed by atoms with Crippen molar-refractivity contribution in [2.24, 2.45) is 29.4 Å². The first kappa shape index (κ1) is 10.4. The predicted molar refractivity (Wildman–Crippen MR) is 62.1 cm³/mol. The maximum atomic E-state index is 11.7. The second-order valence-electron chi connectivity index (χ2n) is 6.25. The van der Waals surface area contributed by atoms with E-state index in [2.05, 4.69) is 0 Å². The van der Waals surface area contributed by atoms with E-state index in [-0.39, 0.29) is 0 Å². The van der Waals surface area contributed by atoms with Gasteiger partial charge in [-0.05, 0) is 55.8 Å². The Morgan fingerprint density at radius 3 is 2.06 bits per heavy atom. The third-order valence-electron chi connectivity index (χ3n) is 5.33. The molecule has 4 aliphatic carbocycles. The van der Waals surface area contributed by atoms with Gasteiger partial charge in [0.25, 0.3) is 10.1 Å².